The second-order valence-corrected chi connectivity index (χ2v) is 6.13. The van der Waals surface area contributed by atoms with Crippen molar-refractivity contribution in [3.8, 4) is 5.75 Å². The van der Waals surface area contributed by atoms with E-state index < -0.39 is 11.9 Å². The Morgan fingerprint density at radius 2 is 1.77 bits per heavy atom. The molecule has 2 aromatic rings. The number of hydrogen-bond donors (Lipinski definition) is 1. The second-order valence-electron chi connectivity index (χ2n) is 6.13. The van der Waals surface area contributed by atoms with Crippen molar-refractivity contribution in [3.63, 3.8) is 0 Å². The third-order valence-electron chi connectivity index (χ3n) is 4.51. The Balaban J connectivity index is 2.68. The lowest BCUT2D eigenvalue weighted by atomic mass is 9.77. The summed E-state index contributed by atoms with van der Waals surface area (Å²) < 4.78 is 10.4. The average molecular weight is 355 g/mol. The molecule has 0 aliphatic heterocycles. The highest BCUT2D eigenvalue weighted by Crippen LogP contribution is 2.39. The van der Waals surface area contributed by atoms with Crippen molar-refractivity contribution in [2.45, 2.75) is 25.7 Å². The van der Waals surface area contributed by atoms with E-state index in [1.165, 1.54) is 7.11 Å². The number of amides is 1. The summed E-state index contributed by atoms with van der Waals surface area (Å²) in [6.07, 6.45) is 1.45. The molecule has 1 amide bonds. The molecule has 5 heteroatoms. The third kappa shape index (κ3) is 4.23. The Bertz CT molecular complexity index is 758. The molecule has 138 valence electrons. The fourth-order valence-electron chi connectivity index (χ4n) is 3.30. The molecular weight excluding hydrogens is 330 g/mol. The number of primary amides is 1. The summed E-state index contributed by atoms with van der Waals surface area (Å²) in [4.78, 5) is 24.2. The van der Waals surface area contributed by atoms with E-state index in [1.54, 1.807) is 25.3 Å². The number of carbonyl (C=O) groups excluding carboxylic acids is 2. The van der Waals surface area contributed by atoms with E-state index >= 15 is 0 Å². The highest BCUT2D eigenvalue weighted by atomic mass is 16.5. The van der Waals surface area contributed by atoms with Gasteiger partial charge in [-0.2, -0.15) is 0 Å². The molecule has 0 radical (unpaired) electrons. The number of ether oxygens (including phenoxy) is 2. The zero-order valence-corrected chi connectivity index (χ0v) is 15.4. The molecule has 2 unspecified atom stereocenters. The minimum Gasteiger partial charge on any atom is -0.496 e. The summed E-state index contributed by atoms with van der Waals surface area (Å²) in [7, 11) is 2.90. The van der Waals surface area contributed by atoms with Gasteiger partial charge in [0.2, 0.25) is 5.91 Å². The first kappa shape index (κ1) is 19.5. The lowest BCUT2D eigenvalue weighted by Crippen LogP contribution is -2.30. The first-order valence-electron chi connectivity index (χ1n) is 8.64. The number of hydrogen-bond acceptors (Lipinski definition) is 4. The molecule has 0 fully saturated rings. The van der Waals surface area contributed by atoms with Gasteiger partial charge in [-0.25, -0.2) is 4.79 Å². The van der Waals surface area contributed by atoms with Crippen molar-refractivity contribution in [1.29, 1.82) is 0 Å². The van der Waals surface area contributed by atoms with Gasteiger partial charge in [0.15, 0.2) is 0 Å². The van der Waals surface area contributed by atoms with Gasteiger partial charge in [-0.3, -0.25) is 4.79 Å². The van der Waals surface area contributed by atoms with Crippen molar-refractivity contribution >= 4 is 11.9 Å². The molecule has 0 spiro atoms. The zero-order chi connectivity index (χ0) is 19.1. The molecule has 0 bridgehead atoms. The van der Waals surface area contributed by atoms with Gasteiger partial charge in [-0.15, -0.1) is 0 Å². The number of nitrogens with two attached hydrogens (primary N) is 1. The van der Waals surface area contributed by atoms with E-state index in [4.69, 9.17) is 15.2 Å². The first-order chi connectivity index (χ1) is 12.5. The normalized spacial score (nSPS) is 12.9. The van der Waals surface area contributed by atoms with Gasteiger partial charge < -0.3 is 15.2 Å². The summed E-state index contributed by atoms with van der Waals surface area (Å²) >= 11 is 0. The van der Waals surface area contributed by atoms with Crippen LogP contribution in [0.25, 0.3) is 0 Å². The number of methoxy groups -OCH3 is 2. The van der Waals surface area contributed by atoms with E-state index in [9.17, 15) is 9.59 Å². The van der Waals surface area contributed by atoms with Crippen LogP contribution < -0.4 is 10.5 Å². The van der Waals surface area contributed by atoms with Crippen molar-refractivity contribution in [3.05, 3.63) is 65.2 Å². The summed E-state index contributed by atoms with van der Waals surface area (Å²) in [6.45, 7) is 2.01. The molecule has 2 rings (SSSR count). The molecule has 0 aliphatic carbocycles. The van der Waals surface area contributed by atoms with Crippen LogP contribution >= 0.6 is 0 Å². The monoisotopic (exact) mass is 355 g/mol. The van der Waals surface area contributed by atoms with Crippen LogP contribution in [0.15, 0.2) is 48.5 Å². The molecule has 0 saturated carbocycles. The van der Waals surface area contributed by atoms with Crippen LogP contribution in [-0.2, 0) is 9.53 Å². The summed E-state index contributed by atoms with van der Waals surface area (Å²) in [6, 6.07) is 14.8. The number of carbonyl (C=O) groups is 2. The van der Waals surface area contributed by atoms with Gasteiger partial charge in [0.1, 0.15) is 5.75 Å². The Morgan fingerprint density at radius 1 is 1.08 bits per heavy atom. The average Bonchev–Trinajstić information content (AvgIpc) is 2.67. The van der Waals surface area contributed by atoms with Crippen LogP contribution in [0.3, 0.4) is 0 Å². The molecule has 0 saturated heterocycles. The highest BCUT2D eigenvalue weighted by Gasteiger charge is 2.31. The molecule has 0 aromatic heterocycles. The number of esters is 1. The lowest BCUT2D eigenvalue weighted by molar-refractivity contribution is -0.122. The second kappa shape index (κ2) is 9.04. The van der Waals surface area contributed by atoms with Gasteiger partial charge in [0.25, 0.3) is 0 Å². The van der Waals surface area contributed by atoms with Crippen molar-refractivity contribution in [2.24, 2.45) is 11.7 Å². The third-order valence-corrected chi connectivity index (χ3v) is 4.51. The molecule has 0 heterocycles. The van der Waals surface area contributed by atoms with E-state index in [0.29, 0.717) is 17.7 Å². The lowest BCUT2D eigenvalue weighted by Gasteiger charge is -2.27. The fraction of sp³-hybridized carbons (Fsp3) is 0.333. The predicted molar refractivity (Wildman–Crippen MR) is 100 cm³/mol. The van der Waals surface area contributed by atoms with Gasteiger partial charge in [-0.05, 0) is 30.2 Å². The van der Waals surface area contributed by atoms with Crippen molar-refractivity contribution in [2.75, 3.05) is 14.2 Å². The highest BCUT2D eigenvalue weighted by molar-refractivity contribution is 5.90. The maximum absolute atomic E-state index is 12.2. The summed E-state index contributed by atoms with van der Waals surface area (Å²) in [5.74, 6) is -0.927. The van der Waals surface area contributed by atoms with E-state index in [0.717, 1.165) is 17.5 Å². The molecule has 2 atom stereocenters. The van der Waals surface area contributed by atoms with E-state index in [1.807, 2.05) is 37.3 Å². The van der Waals surface area contributed by atoms with Gasteiger partial charge in [0.05, 0.1) is 19.8 Å². The van der Waals surface area contributed by atoms with Gasteiger partial charge >= 0.3 is 5.97 Å². The molecule has 0 aliphatic rings. The van der Waals surface area contributed by atoms with Gasteiger partial charge in [0, 0.05) is 17.4 Å². The Hall–Kier alpha value is -2.82. The van der Waals surface area contributed by atoms with E-state index in [2.05, 4.69) is 0 Å². The minimum absolute atomic E-state index is 0.312. The number of rotatable bonds is 8. The maximum atomic E-state index is 12.2. The quantitative estimate of drug-likeness (QED) is 0.735. The predicted octanol–water partition coefficient (Wildman–Crippen LogP) is 3.52. The Morgan fingerprint density at radius 3 is 2.31 bits per heavy atom. The smallest absolute Gasteiger partial charge is 0.337 e. The zero-order valence-electron chi connectivity index (χ0n) is 15.4. The number of benzene rings is 2. The van der Waals surface area contributed by atoms with Crippen LogP contribution in [0.2, 0.25) is 0 Å². The van der Waals surface area contributed by atoms with E-state index in [-0.39, 0.29) is 11.8 Å². The molecule has 26 heavy (non-hydrogen) atoms. The Kier molecular flexibility index (Phi) is 6.78. The first-order valence-corrected chi connectivity index (χ1v) is 8.64. The van der Waals surface area contributed by atoms with Crippen LogP contribution in [-0.4, -0.2) is 26.1 Å². The molecule has 2 aromatic carbocycles. The topological polar surface area (TPSA) is 78.6 Å². The molecular formula is C21H25NO4. The maximum Gasteiger partial charge on any atom is 0.337 e. The largest absolute Gasteiger partial charge is 0.496 e. The standard InChI is InChI=1S/C21H25NO4/c1-4-8-16(20(22)23)19(14-9-6-5-7-10-14)17-13-15(21(24)26-3)11-12-18(17)25-2/h5-7,9-13,16,19H,4,8H2,1-3H3,(H2,22,23). The van der Waals surface area contributed by atoms with Crippen molar-refractivity contribution in [1.82, 2.24) is 0 Å². The molecule has 2 N–H and O–H groups in total. The Labute approximate surface area is 154 Å². The van der Waals surface area contributed by atoms with Crippen LogP contribution in [0, 0.1) is 5.92 Å². The van der Waals surface area contributed by atoms with Gasteiger partial charge in [-0.1, -0.05) is 43.7 Å². The fourth-order valence-corrected chi connectivity index (χ4v) is 3.30. The van der Waals surface area contributed by atoms with Crippen LogP contribution in [0.1, 0.15) is 47.2 Å². The summed E-state index contributed by atoms with van der Waals surface area (Å²) in [5, 5.41) is 0. The SMILES string of the molecule is CCCC(C(N)=O)C(c1ccccc1)c1cc(C(=O)OC)ccc1OC. The van der Waals surface area contributed by atoms with Crippen LogP contribution in [0.4, 0.5) is 0 Å². The minimum atomic E-state index is -0.438. The summed E-state index contributed by atoms with van der Waals surface area (Å²) in [5.41, 5.74) is 7.85. The van der Waals surface area contributed by atoms with Crippen molar-refractivity contribution < 1.29 is 19.1 Å². The molecule has 5 nitrogen and oxygen atoms in total. The van der Waals surface area contributed by atoms with Crippen LogP contribution in [0.5, 0.6) is 5.75 Å².